The fraction of sp³-hybridized carbons (Fsp3) is 0.467. The highest BCUT2D eigenvalue weighted by Gasteiger charge is 2.49. The van der Waals surface area contributed by atoms with E-state index in [0.717, 1.165) is 11.4 Å². The summed E-state index contributed by atoms with van der Waals surface area (Å²) < 4.78 is 29.0. The standard InChI is InChI=1S/C15H18N2O4S2/c1-3-14(18)16-15-17(10-4-6-11(21-2)7-5-10)12-8-23(19,20)9-13(12)22-15/h4-7,12-13H,3,8-9H2,1-2H3/t12-,13+/m1/s1. The van der Waals surface area contributed by atoms with Gasteiger partial charge in [-0.2, -0.15) is 4.99 Å². The van der Waals surface area contributed by atoms with Gasteiger partial charge < -0.3 is 9.64 Å². The van der Waals surface area contributed by atoms with Crippen LogP contribution in [0.5, 0.6) is 5.75 Å². The molecule has 23 heavy (non-hydrogen) atoms. The Morgan fingerprint density at radius 1 is 1.35 bits per heavy atom. The summed E-state index contributed by atoms with van der Waals surface area (Å²) in [7, 11) is -1.45. The quantitative estimate of drug-likeness (QED) is 0.822. The molecule has 2 aliphatic heterocycles. The number of anilines is 1. The molecule has 0 unspecified atom stereocenters. The predicted molar refractivity (Wildman–Crippen MR) is 92.0 cm³/mol. The Morgan fingerprint density at radius 3 is 2.65 bits per heavy atom. The van der Waals surface area contributed by atoms with Crippen molar-refractivity contribution in [1.82, 2.24) is 0 Å². The number of carbonyl (C=O) groups excluding carboxylic acids is 1. The number of rotatable bonds is 3. The molecule has 6 nitrogen and oxygen atoms in total. The summed E-state index contributed by atoms with van der Waals surface area (Å²) in [5, 5.41) is 0.512. The lowest BCUT2D eigenvalue weighted by molar-refractivity contribution is -0.117. The maximum atomic E-state index is 11.9. The zero-order valence-electron chi connectivity index (χ0n) is 12.9. The average molecular weight is 354 g/mol. The lowest BCUT2D eigenvalue weighted by Crippen LogP contribution is -2.37. The van der Waals surface area contributed by atoms with E-state index in [4.69, 9.17) is 4.74 Å². The molecule has 2 saturated heterocycles. The van der Waals surface area contributed by atoms with E-state index >= 15 is 0 Å². The highest BCUT2D eigenvalue weighted by Crippen LogP contribution is 2.41. The molecule has 2 aliphatic rings. The van der Waals surface area contributed by atoms with E-state index in [9.17, 15) is 13.2 Å². The molecule has 0 aliphatic carbocycles. The van der Waals surface area contributed by atoms with Crippen LogP contribution in [-0.2, 0) is 14.6 Å². The number of sulfone groups is 1. The molecule has 0 N–H and O–H groups in total. The molecule has 0 radical (unpaired) electrons. The summed E-state index contributed by atoms with van der Waals surface area (Å²) in [6, 6.07) is 7.17. The number of hydrogen-bond donors (Lipinski definition) is 0. The third kappa shape index (κ3) is 3.23. The second kappa shape index (κ2) is 6.16. The van der Waals surface area contributed by atoms with Crippen LogP contribution in [0.4, 0.5) is 5.69 Å². The molecule has 0 bridgehead atoms. The van der Waals surface area contributed by atoms with Gasteiger partial charge in [-0.3, -0.25) is 4.79 Å². The van der Waals surface area contributed by atoms with E-state index < -0.39 is 9.84 Å². The molecule has 124 valence electrons. The van der Waals surface area contributed by atoms with E-state index in [-0.39, 0.29) is 28.7 Å². The number of ether oxygens (including phenoxy) is 1. The zero-order valence-corrected chi connectivity index (χ0v) is 14.6. The third-order valence-corrected chi connectivity index (χ3v) is 7.15. The number of hydrogen-bond acceptors (Lipinski definition) is 5. The van der Waals surface area contributed by atoms with Gasteiger partial charge >= 0.3 is 0 Å². The molecule has 0 saturated carbocycles. The smallest absolute Gasteiger partial charge is 0.247 e. The van der Waals surface area contributed by atoms with Crippen molar-refractivity contribution < 1.29 is 17.9 Å². The molecular formula is C15H18N2O4S2. The minimum Gasteiger partial charge on any atom is -0.497 e. The summed E-state index contributed by atoms with van der Waals surface area (Å²) in [6.45, 7) is 1.76. The van der Waals surface area contributed by atoms with E-state index in [1.54, 1.807) is 14.0 Å². The van der Waals surface area contributed by atoms with Gasteiger partial charge in [-0.1, -0.05) is 18.7 Å². The Kier molecular flexibility index (Phi) is 4.37. The van der Waals surface area contributed by atoms with Crippen molar-refractivity contribution in [1.29, 1.82) is 0 Å². The van der Waals surface area contributed by atoms with Gasteiger partial charge in [-0.05, 0) is 24.3 Å². The Hall–Kier alpha value is -1.54. The SMILES string of the molecule is CCC(=O)N=C1S[C@H]2CS(=O)(=O)C[C@H]2N1c1ccc(OC)cc1. The maximum Gasteiger partial charge on any atom is 0.247 e. The van der Waals surface area contributed by atoms with E-state index in [1.165, 1.54) is 11.8 Å². The Labute approximate surface area is 139 Å². The number of carbonyl (C=O) groups is 1. The van der Waals surface area contributed by atoms with Crippen molar-refractivity contribution in [2.24, 2.45) is 4.99 Å². The van der Waals surface area contributed by atoms with Gasteiger partial charge in [0.1, 0.15) is 5.75 Å². The summed E-state index contributed by atoms with van der Waals surface area (Å²) >= 11 is 1.38. The van der Waals surface area contributed by atoms with Crippen LogP contribution in [0.25, 0.3) is 0 Å². The van der Waals surface area contributed by atoms with Crippen molar-refractivity contribution in [3.63, 3.8) is 0 Å². The zero-order chi connectivity index (χ0) is 16.6. The molecule has 2 heterocycles. The minimum absolute atomic E-state index is 0.0782. The fourth-order valence-corrected chi connectivity index (χ4v) is 6.73. The van der Waals surface area contributed by atoms with Gasteiger partial charge in [0.15, 0.2) is 15.0 Å². The van der Waals surface area contributed by atoms with Crippen LogP contribution < -0.4 is 9.64 Å². The van der Waals surface area contributed by atoms with Crippen molar-refractivity contribution in [2.45, 2.75) is 24.6 Å². The van der Waals surface area contributed by atoms with Crippen LogP contribution in [0.2, 0.25) is 0 Å². The largest absolute Gasteiger partial charge is 0.497 e. The third-order valence-electron chi connectivity index (χ3n) is 3.94. The average Bonchev–Trinajstić information content (AvgIpc) is 2.98. The highest BCUT2D eigenvalue weighted by atomic mass is 32.2. The summed E-state index contributed by atoms with van der Waals surface area (Å²) in [6.07, 6.45) is 0.328. The molecule has 1 aromatic rings. The van der Waals surface area contributed by atoms with Crippen LogP contribution in [0.3, 0.4) is 0 Å². The van der Waals surface area contributed by atoms with Gasteiger partial charge in [-0.15, -0.1) is 0 Å². The lowest BCUT2D eigenvalue weighted by Gasteiger charge is -2.24. The van der Waals surface area contributed by atoms with Gasteiger partial charge in [0, 0.05) is 17.4 Å². The molecule has 2 fully saturated rings. The van der Waals surface area contributed by atoms with Gasteiger partial charge in [0.2, 0.25) is 5.91 Å². The number of methoxy groups -OCH3 is 1. The number of thioether (sulfide) groups is 1. The first-order valence-corrected chi connectivity index (χ1v) is 10.1. The number of aliphatic imine (C=N–C) groups is 1. The fourth-order valence-electron chi connectivity index (χ4n) is 2.79. The highest BCUT2D eigenvalue weighted by molar-refractivity contribution is 8.16. The van der Waals surface area contributed by atoms with Crippen LogP contribution in [0, 0.1) is 0 Å². The van der Waals surface area contributed by atoms with Crippen LogP contribution in [-0.4, -0.2) is 49.4 Å². The molecular weight excluding hydrogens is 336 g/mol. The number of amides is 1. The van der Waals surface area contributed by atoms with Crippen LogP contribution in [0.15, 0.2) is 29.3 Å². The molecule has 0 spiro atoms. The van der Waals surface area contributed by atoms with Crippen molar-refractivity contribution >= 4 is 38.4 Å². The van der Waals surface area contributed by atoms with Gasteiger partial charge in [0.05, 0.1) is 24.7 Å². The Morgan fingerprint density at radius 2 is 2.04 bits per heavy atom. The number of amidine groups is 1. The predicted octanol–water partition coefficient (Wildman–Crippen LogP) is 1.71. The number of fused-ring (bicyclic) bond motifs is 1. The van der Waals surface area contributed by atoms with Gasteiger partial charge in [-0.25, -0.2) is 8.42 Å². The molecule has 1 aromatic carbocycles. The van der Waals surface area contributed by atoms with Crippen LogP contribution >= 0.6 is 11.8 Å². The topological polar surface area (TPSA) is 76.0 Å². The minimum atomic E-state index is -3.04. The second-order valence-corrected chi connectivity index (χ2v) is 8.87. The summed E-state index contributed by atoms with van der Waals surface area (Å²) in [5.74, 6) is 0.748. The Bertz CT molecular complexity index is 743. The normalized spacial score (nSPS) is 27.2. The first-order chi connectivity index (χ1) is 10.9. The van der Waals surface area contributed by atoms with Crippen molar-refractivity contribution in [3.8, 4) is 5.75 Å². The molecule has 8 heteroatoms. The van der Waals surface area contributed by atoms with E-state index in [1.807, 2.05) is 29.2 Å². The summed E-state index contributed by atoms with van der Waals surface area (Å²) in [5.41, 5.74) is 0.825. The molecule has 2 atom stereocenters. The van der Waals surface area contributed by atoms with E-state index in [0.29, 0.717) is 11.6 Å². The first-order valence-electron chi connectivity index (χ1n) is 7.35. The molecule has 1 amide bonds. The first kappa shape index (κ1) is 16.3. The number of nitrogens with zero attached hydrogens (tertiary/aromatic N) is 2. The van der Waals surface area contributed by atoms with E-state index in [2.05, 4.69) is 4.99 Å². The van der Waals surface area contributed by atoms with Gasteiger partial charge in [0.25, 0.3) is 0 Å². The summed E-state index contributed by atoms with van der Waals surface area (Å²) in [4.78, 5) is 17.8. The van der Waals surface area contributed by atoms with Crippen molar-refractivity contribution in [2.75, 3.05) is 23.5 Å². The molecule has 3 rings (SSSR count). The van der Waals surface area contributed by atoms with Crippen LogP contribution in [0.1, 0.15) is 13.3 Å². The Balaban J connectivity index is 1.99. The number of benzene rings is 1. The second-order valence-electron chi connectivity index (χ2n) is 5.51. The lowest BCUT2D eigenvalue weighted by atomic mass is 10.2. The monoisotopic (exact) mass is 354 g/mol. The maximum absolute atomic E-state index is 11.9. The molecule has 0 aromatic heterocycles. The van der Waals surface area contributed by atoms with Crippen molar-refractivity contribution in [3.05, 3.63) is 24.3 Å².